The van der Waals surface area contributed by atoms with Crippen LogP contribution in [-0.2, 0) is 0 Å². The number of nitrogens with two attached hydrogens (primary N) is 1. The third-order valence-electron chi connectivity index (χ3n) is 3.10. The van der Waals surface area contributed by atoms with Crippen LogP contribution in [0.4, 0.5) is 13.2 Å². The highest BCUT2D eigenvalue weighted by Gasteiger charge is 2.31. The molecular formula is C15H14Cl2F3NO3. The number of ether oxygens (including phenoxy) is 2. The van der Waals surface area contributed by atoms with Crippen molar-refractivity contribution in [3.8, 4) is 17.2 Å². The summed E-state index contributed by atoms with van der Waals surface area (Å²) in [5.41, 5.74) is 7.16. The molecule has 132 valence electrons. The third kappa shape index (κ3) is 4.83. The van der Waals surface area contributed by atoms with Crippen molar-refractivity contribution in [1.82, 2.24) is 0 Å². The zero-order valence-electron chi connectivity index (χ0n) is 12.3. The number of phenolic OH excluding ortho intramolecular Hbond substituents is 1. The molecule has 0 aliphatic heterocycles. The van der Waals surface area contributed by atoms with Gasteiger partial charge >= 0.3 is 6.36 Å². The molecule has 2 aromatic carbocycles. The lowest BCUT2D eigenvalue weighted by Gasteiger charge is -2.16. The molecule has 0 spiro atoms. The molecule has 0 amide bonds. The molecule has 9 heteroatoms. The van der Waals surface area contributed by atoms with Gasteiger partial charge in [0.1, 0.15) is 5.75 Å². The van der Waals surface area contributed by atoms with E-state index < -0.39 is 12.4 Å². The molecule has 0 bridgehead atoms. The number of alkyl halides is 3. The maximum Gasteiger partial charge on any atom is 0.573 e. The summed E-state index contributed by atoms with van der Waals surface area (Å²) in [6.07, 6.45) is -4.75. The van der Waals surface area contributed by atoms with E-state index in [0.29, 0.717) is 11.1 Å². The summed E-state index contributed by atoms with van der Waals surface area (Å²) in [5.74, 6) is -0.395. The van der Waals surface area contributed by atoms with Gasteiger partial charge in [0.2, 0.25) is 0 Å². The van der Waals surface area contributed by atoms with Gasteiger partial charge in [-0.1, -0.05) is 23.7 Å². The lowest BCUT2D eigenvalue weighted by Crippen LogP contribution is -2.17. The molecule has 0 aliphatic carbocycles. The predicted molar refractivity (Wildman–Crippen MR) is 86.1 cm³/mol. The van der Waals surface area contributed by atoms with Crippen molar-refractivity contribution in [2.75, 3.05) is 7.11 Å². The highest BCUT2D eigenvalue weighted by atomic mass is 35.5. The molecule has 0 aromatic heterocycles. The van der Waals surface area contributed by atoms with Crippen LogP contribution in [0.2, 0.25) is 5.02 Å². The highest BCUT2D eigenvalue weighted by Crippen LogP contribution is 2.37. The predicted octanol–water partition coefficient (Wildman–Crippen LogP) is 4.42. The first-order valence-corrected chi connectivity index (χ1v) is 6.76. The van der Waals surface area contributed by atoms with Crippen LogP contribution in [0.15, 0.2) is 36.4 Å². The summed E-state index contributed by atoms with van der Waals surface area (Å²) < 4.78 is 45.2. The smallest absolute Gasteiger partial charge is 0.503 e. The van der Waals surface area contributed by atoms with E-state index in [2.05, 4.69) is 4.74 Å². The Morgan fingerprint density at radius 1 is 1.12 bits per heavy atom. The molecule has 0 unspecified atom stereocenters. The normalized spacial score (nSPS) is 12.2. The Morgan fingerprint density at radius 2 is 1.71 bits per heavy atom. The van der Waals surface area contributed by atoms with E-state index in [-0.39, 0.29) is 34.7 Å². The second-order valence-corrected chi connectivity index (χ2v) is 5.06. The Bertz CT molecular complexity index is 694. The molecule has 1 atom stereocenters. The summed E-state index contributed by atoms with van der Waals surface area (Å²) in [4.78, 5) is 0. The number of methoxy groups -OCH3 is 1. The Balaban J connectivity index is 0.00000288. The Hall–Kier alpha value is -1.83. The molecule has 0 heterocycles. The average Bonchev–Trinajstić information content (AvgIpc) is 2.48. The lowest BCUT2D eigenvalue weighted by atomic mass is 9.99. The number of halogens is 5. The van der Waals surface area contributed by atoms with Gasteiger partial charge in [-0.3, -0.25) is 0 Å². The monoisotopic (exact) mass is 383 g/mol. The van der Waals surface area contributed by atoms with Gasteiger partial charge < -0.3 is 20.3 Å². The highest BCUT2D eigenvalue weighted by molar-refractivity contribution is 6.32. The van der Waals surface area contributed by atoms with Crippen LogP contribution in [0.1, 0.15) is 17.2 Å². The van der Waals surface area contributed by atoms with Crippen LogP contribution in [0.25, 0.3) is 0 Å². The summed E-state index contributed by atoms with van der Waals surface area (Å²) in [6.45, 7) is 0. The maximum atomic E-state index is 12.1. The molecule has 0 aliphatic rings. The quantitative estimate of drug-likeness (QED) is 0.819. The molecule has 0 radical (unpaired) electrons. The van der Waals surface area contributed by atoms with E-state index in [1.54, 1.807) is 0 Å². The Morgan fingerprint density at radius 3 is 2.21 bits per heavy atom. The van der Waals surface area contributed by atoms with Gasteiger partial charge in [-0.25, -0.2) is 0 Å². The van der Waals surface area contributed by atoms with Crippen molar-refractivity contribution < 1.29 is 27.8 Å². The van der Waals surface area contributed by atoms with E-state index >= 15 is 0 Å². The first-order chi connectivity index (χ1) is 10.7. The molecule has 2 rings (SSSR count). The standard InChI is InChI=1S/C15H13ClF3NO3.ClH/c1-22-12-7-9(6-11(16)14(12)21)13(20)8-2-4-10(5-3-8)23-15(17,18)19;/h2-7,13,21H,20H2,1H3;1H/t13-;/m1./s1. The van der Waals surface area contributed by atoms with Crippen LogP contribution >= 0.6 is 24.0 Å². The second-order valence-electron chi connectivity index (χ2n) is 4.65. The van der Waals surface area contributed by atoms with Crippen molar-refractivity contribution in [2.24, 2.45) is 5.73 Å². The Kier molecular flexibility index (Phi) is 6.59. The molecular weight excluding hydrogens is 370 g/mol. The fourth-order valence-electron chi connectivity index (χ4n) is 2.00. The zero-order chi connectivity index (χ0) is 17.2. The van der Waals surface area contributed by atoms with Gasteiger partial charge in [0.05, 0.1) is 18.2 Å². The summed E-state index contributed by atoms with van der Waals surface area (Å²) in [6, 6.07) is 7.47. The van der Waals surface area contributed by atoms with Crippen LogP contribution in [-0.4, -0.2) is 18.6 Å². The van der Waals surface area contributed by atoms with E-state index in [1.165, 1.54) is 43.5 Å². The van der Waals surface area contributed by atoms with Crippen molar-refractivity contribution in [1.29, 1.82) is 0 Å². The summed E-state index contributed by atoms with van der Waals surface area (Å²) in [7, 11) is 1.37. The lowest BCUT2D eigenvalue weighted by molar-refractivity contribution is -0.274. The van der Waals surface area contributed by atoms with Crippen molar-refractivity contribution in [2.45, 2.75) is 12.4 Å². The number of hydrogen-bond donors (Lipinski definition) is 2. The van der Waals surface area contributed by atoms with Crippen molar-refractivity contribution >= 4 is 24.0 Å². The number of aromatic hydroxyl groups is 1. The van der Waals surface area contributed by atoms with Gasteiger partial charge in [0, 0.05) is 0 Å². The first-order valence-electron chi connectivity index (χ1n) is 6.39. The van der Waals surface area contributed by atoms with Gasteiger partial charge in [0.15, 0.2) is 11.5 Å². The molecule has 24 heavy (non-hydrogen) atoms. The molecule has 0 saturated heterocycles. The molecule has 0 saturated carbocycles. The van der Waals surface area contributed by atoms with Gasteiger partial charge in [0.25, 0.3) is 0 Å². The first kappa shape index (κ1) is 20.2. The van der Waals surface area contributed by atoms with E-state index in [1.807, 2.05) is 0 Å². The van der Waals surface area contributed by atoms with Crippen molar-refractivity contribution in [3.05, 3.63) is 52.5 Å². The fraction of sp³-hybridized carbons (Fsp3) is 0.200. The number of rotatable bonds is 4. The molecule has 4 nitrogen and oxygen atoms in total. The average molecular weight is 384 g/mol. The van der Waals surface area contributed by atoms with Crippen LogP contribution < -0.4 is 15.2 Å². The van der Waals surface area contributed by atoms with Gasteiger partial charge in [-0.2, -0.15) is 0 Å². The fourth-order valence-corrected chi connectivity index (χ4v) is 2.22. The minimum Gasteiger partial charge on any atom is -0.503 e. The number of benzene rings is 2. The zero-order valence-corrected chi connectivity index (χ0v) is 13.9. The molecule has 2 aromatic rings. The van der Waals surface area contributed by atoms with Crippen LogP contribution in [0.5, 0.6) is 17.2 Å². The molecule has 0 fully saturated rings. The van der Waals surface area contributed by atoms with Gasteiger partial charge in [-0.15, -0.1) is 25.6 Å². The SMILES string of the molecule is COc1cc([C@H](N)c2ccc(OC(F)(F)F)cc2)cc(Cl)c1O.Cl. The third-order valence-corrected chi connectivity index (χ3v) is 3.39. The number of hydrogen-bond acceptors (Lipinski definition) is 4. The minimum absolute atomic E-state index is 0. The number of phenols is 1. The van der Waals surface area contributed by atoms with E-state index in [0.717, 1.165) is 0 Å². The second kappa shape index (κ2) is 7.83. The van der Waals surface area contributed by atoms with Crippen LogP contribution in [0, 0.1) is 0 Å². The van der Waals surface area contributed by atoms with Crippen molar-refractivity contribution in [3.63, 3.8) is 0 Å². The Labute approximate surface area is 147 Å². The van der Waals surface area contributed by atoms with E-state index in [9.17, 15) is 18.3 Å². The molecule has 3 N–H and O–H groups in total. The maximum absolute atomic E-state index is 12.1. The topological polar surface area (TPSA) is 64.7 Å². The van der Waals surface area contributed by atoms with Crippen LogP contribution in [0.3, 0.4) is 0 Å². The van der Waals surface area contributed by atoms with Gasteiger partial charge in [-0.05, 0) is 35.4 Å². The minimum atomic E-state index is -4.75. The van der Waals surface area contributed by atoms with E-state index in [4.69, 9.17) is 22.1 Å². The largest absolute Gasteiger partial charge is 0.573 e. The summed E-state index contributed by atoms with van der Waals surface area (Å²) in [5, 5.41) is 9.76. The summed E-state index contributed by atoms with van der Waals surface area (Å²) >= 11 is 5.90.